The molecule has 0 aliphatic heterocycles. The molecule has 8 nitrogen and oxygen atoms in total. The molecule has 0 radical (unpaired) electrons. The van der Waals surface area contributed by atoms with Gasteiger partial charge < -0.3 is 28.8 Å². The molecule has 6 aromatic rings. The van der Waals surface area contributed by atoms with E-state index in [1.165, 1.54) is 0 Å². The Morgan fingerprint density at radius 1 is 0.519 bits per heavy atom. The highest BCUT2D eigenvalue weighted by Gasteiger charge is 2.38. The minimum absolute atomic E-state index is 0.0745. The summed E-state index contributed by atoms with van der Waals surface area (Å²) in [4.78, 5) is 22.5. The molecule has 6 aromatic carbocycles. The third-order valence-electron chi connectivity index (χ3n) is 9.11. The monoisotopic (exact) mass is 722 g/mol. The molecule has 54 heavy (non-hydrogen) atoms. The molecule has 0 aliphatic carbocycles. The van der Waals surface area contributed by atoms with Crippen molar-refractivity contribution in [1.82, 2.24) is 0 Å². The third kappa shape index (κ3) is 9.34. The molecule has 0 bridgehead atoms. The number of aliphatic carboxylic acids is 1. The largest absolute Gasteiger partial charge is 0.497 e. The lowest BCUT2D eigenvalue weighted by Gasteiger charge is -2.36. The van der Waals surface area contributed by atoms with Crippen LogP contribution in [0, 0.1) is 0 Å². The number of rotatable bonds is 17. The van der Waals surface area contributed by atoms with Crippen LogP contribution in [0.5, 0.6) is 17.2 Å². The van der Waals surface area contributed by atoms with Gasteiger partial charge in [0, 0.05) is 0 Å². The van der Waals surface area contributed by atoms with Crippen molar-refractivity contribution in [2.45, 2.75) is 38.3 Å². The van der Waals surface area contributed by atoms with Crippen molar-refractivity contribution in [2.75, 3.05) is 14.2 Å². The summed E-state index contributed by atoms with van der Waals surface area (Å²) in [7, 11) is 3.32. The molecule has 0 saturated carbocycles. The summed E-state index contributed by atoms with van der Waals surface area (Å²) in [5.74, 6) is 0.692. The van der Waals surface area contributed by atoms with Crippen LogP contribution in [0.25, 0.3) is 11.1 Å². The van der Waals surface area contributed by atoms with Gasteiger partial charge in [-0.25, -0.2) is 0 Å². The van der Waals surface area contributed by atoms with Gasteiger partial charge in [-0.15, -0.1) is 0 Å². The van der Waals surface area contributed by atoms with Crippen molar-refractivity contribution in [3.63, 3.8) is 0 Å². The molecular formula is C46H42O8. The number of carboxylic acids is 1. The molecule has 0 unspecified atom stereocenters. The Balaban J connectivity index is 1.13. The topological polar surface area (TPSA) is 101 Å². The van der Waals surface area contributed by atoms with E-state index >= 15 is 0 Å². The predicted molar refractivity (Wildman–Crippen MR) is 206 cm³/mol. The van der Waals surface area contributed by atoms with Gasteiger partial charge in [-0.05, 0) is 87.0 Å². The quantitative estimate of drug-likeness (QED) is 0.0735. The van der Waals surface area contributed by atoms with E-state index in [4.69, 9.17) is 28.8 Å². The summed E-state index contributed by atoms with van der Waals surface area (Å²) >= 11 is 0. The fourth-order valence-corrected chi connectivity index (χ4v) is 6.22. The standard InChI is InChI=1S/C46H42O8/c1-50-41-23-17-39(18-24-41)46(38-9-4-3-5-10-38,40-19-25-42(51-2)26-20-40)54-32-33-11-13-36(14-12-33)37-15-21-43(22-16-37)52-30-34-7-6-8-35(29-34)31-53-45(49)28-27-44(47)48/h3-26,29H,27-28,30-32H2,1-2H3,(H,47,48). The van der Waals surface area contributed by atoms with Gasteiger partial charge in [0.1, 0.15) is 36.1 Å². The van der Waals surface area contributed by atoms with Crippen LogP contribution in [0.1, 0.15) is 46.2 Å². The van der Waals surface area contributed by atoms with Crippen molar-refractivity contribution in [3.8, 4) is 28.4 Å². The van der Waals surface area contributed by atoms with E-state index in [2.05, 4.69) is 60.7 Å². The second kappa shape index (κ2) is 17.9. The van der Waals surface area contributed by atoms with E-state index in [1.807, 2.05) is 91.0 Å². The highest BCUT2D eigenvalue weighted by molar-refractivity contribution is 5.76. The van der Waals surface area contributed by atoms with Gasteiger partial charge in [-0.1, -0.05) is 109 Å². The van der Waals surface area contributed by atoms with Crippen LogP contribution in [0.15, 0.2) is 152 Å². The molecule has 1 N–H and O–H groups in total. The van der Waals surface area contributed by atoms with E-state index in [0.717, 1.165) is 61.8 Å². The average molecular weight is 723 g/mol. The minimum Gasteiger partial charge on any atom is -0.497 e. The number of carbonyl (C=O) groups excluding carboxylic acids is 1. The first kappa shape index (κ1) is 37.4. The lowest BCUT2D eigenvalue weighted by molar-refractivity contribution is -0.148. The van der Waals surface area contributed by atoms with Gasteiger partial charge in [-0.2, -0.15) is 0 Å². The van der Waals surface area contributed by atoms with Gasteiger partial charge in [0.25, 0.3) is 0 Å². The van der Waals surface area contributed by atoms with Crippen LogP contribution < -0.4 is 14.2 Å². The molecule has 6 rings (SSSR count). The van der Waals surface area contributed by atoms with Crippen LogP contribution in [-0.2, 0) is 44.5 Å². The molecule has 0 amide bonds. The van der Waals surface area contributed by atoms with E-state index in [-0.39, 0.29) is 19.4 Å². The van der Waals surface area contributed by atoms with E-state index in [9.17, 15) is 9.59 Å². The van der Waals surface area contributed by atoms with Crippen LogP contribution in [0.2, 0.25) is 0 Å². The van der Waals surface area contributed by atoms with Gasteiger partial charge in [0.15, 0.2) is 0 Å². The first-order valence-corrected chi connectivity index (χ1v) is 17.6. The van der Waals surface area contributed by atoms with Crippen molar-refractivity contribution in [2.24, 2.45) is 0 Å². The van der Waals surface area contributed by atoms with Gasteiger partial charge in [-0.3, -0.25) is 9.59 Å². The number of carbonyl (C=O) groups is 2. The van der Waals surface area contributed by atoms with Crippen LogP contribution in [-0.4, -0.2) is 31.3 Å². The molecular weight excluding hydrogens is 680 g/mol. The number of hydrogen-bond acceptors (Lipinski definition) is 7. The minimum atomic E-state index is -1.03. The lowest BCUT2D eigenvalue weighted by Crippen LogP contribution is -2.32. The maximum atomic E-state index is 11.8. The van der Waals surface area contributed by atoms with E-state index in [1.54, 1.807) is 14.2 Å². The molecule has 0 aromatic heterocycles. The van der Waals surface area contributed by atoms with Crippen LogP contribution in [0.3, 0.4) is 0 Å². The summed E-state index contributed by atoms with van der Waals surface area (Å²) in [5.41, 5.74) is 6.91. The van der Waals surface area contributed by atoms with Crippen molar-refractivity contribution >= 4 is 11.9 Å². The molecule has 8 heteroatoms. The second-order valence-electron chi connectivity index (χ2n) is 12.7. The summed E-state index contributed by atoms with van der Waals surface area (Å²) in [6.07, 6.45) is -0.404. The summed E-state index contributed by atoms with van der Waals surface area (Å²) < 4.78 is 29.3. The Morgan fingerprint density at radius 3 is 1.59 bits per heavy atom. The molecule has 0 saturated heterocycles. The zero-order valence-corrected chi connectivity index (χ0v) is 30.3. The molecule has 0 heterocycles. The Hall–Kier alpha value is -6.38. The maximum Gasteiger partial charge on any atom is 0.306 e. The number of esters is 1. The van der Waals surface area contributed by atoms with E-state index < -0.39 is 17.5 Å². The number of carboxylic acid groups (broad SMARTS) is 1. The fourth-order valence-electron chi connectivity index (χ4n) is 6.22. The molecule has 0 atom stereocenters. The molecule has 0 spiro atoms. The van der Waals surface area contributed by atoms with Crippen LogP contribution >= 0.6 is 0 Å². The van der Waals surface area contributed by atoms with Crippen molar-refractivity contribution in [1.29, 1.82) is 0 Å². The van der Waals surface area contributed by atoms with Gasteiger partial charge in [0.2, 0.25) is 0 Å². The highest BCUT2D eigenvalue weighted by Crippen LogP contribution is 2.42. The second-order valence-corrected chi connectivity index (χ2v) is 12.7. The summed E-state index contributed by atoms with van der Waals surface area (Å²) in [5, 5.41) is 8.74. The lowest BCUT2D eigenvalue weighted by atomic mass is 9.80. The number of hydrogen-bond donors (Lipinski definition) is 1. The SMILES string of the molecule is COc1ccc(C(OCc2ccc(-c3ccc(OCc4cccc(COC(=O)CCC(=O)O)c4)cc3)cc2)(c2ccccc2)c2ccc(OC)cc2)cc1. The average Bonchev–Trinajstić information content (AvgIpc) is 3.23. The first-order chi connectivity index (χ1) is 26.4. The zero-order valence-electron chi connectivity index (χ0n) is 30.3. The van der Waals surface area contributed by atoms with Gasteiger partial charge in [0.05, 0.1) is 33.7 Å². The maximum absolute atomic E-state index is 11.8. The Kier molecular flexibility index (Phi) is 12.4. The van der Waals surface area contributed by atoms with Gasteiger partial charge >= 0.3 is 11.9 Å². The normalized spacial score (nSPS) is 11.1. The number of methoxy groups -OCH3 is 2. The third-order valence-corrected chi connectivity index (χ3v) is 9.11. The Bertz CT molecular complexity index is 2060. The van der Waals surface area contributed by atoms with Crippen molar-refractivity contribution in [3.05, 3.63) is 185 Å². The molecule has 274 valence electrons. The number of ether oxygens (including phenoxy) is 5. The van der Waals surface area contributed by atoms with E-state index in [0.29, 0.717) is 13.2 Å². The smallest absolute Gasteiger partial charge is 0.306 e. The fraction of sp³-hybridized carbons (Fsp3) is 0.174. The molecule has 0 aliphatic rings. The Labute approximate surface area is 315 Å². The zero-order chi connectivity index (χ0) is 37.8. The van der Waals surface area contributed by atoms with Crippen molar-refractivity contribution < 1.29 is 38.4 Å². The van der Waals surface area contributed by atoms with Crippen LogP contribution in [0.4, 0.5) is 0 Å². The Morgan fingerprint density at radius 2 is 1.04 bits per heavy atom. The highest BCUT2D eigenvalue weighted by atomic mass is 16.5. The molecule has 0 fully saturated rings. The summed E-state index contributed by atoms with van der Waals surface area (Å²) in [6, 6.07) is 50.2. The first-order valence-electron chi connectivity index (χ1n) is 17.6. The number of benzene rings is 6. The predicted octanol–water partition coefficient (Wildman–Crippen LogP) is 9.37. The summed E-state index contributed by atoms with van der Waals surface area (Å²) in [6.45, 7) is 0.770.